The highest BCUT2D eigenvalue weighted by Gasteiger charge is 2.39. The number of rotatable bonds is 7. The van der Waals surface area contributed by atoms with Crippen LogP contribution >= 0.6 is 11.6 Å². The van der Waals surface area contributed by atoms with Crippen molar-refractivity contribution in [2.24, 2.45) is 0 Å². The van der Waals surface area contributed by atoms with E-state index in [1.165, 1.54) is 31.4 Å². The highest BCUT2D eigenvalue weighted by Crippen LogP contribution is 2.30. The lowest BCUT2D eigenvalue weighted by Crippen LogP contribution is -2.32. The first-order valence-electron chi connectivity index (χ1n) is 11.0. The lowest BCUT2D eigenvalue weighted by atomic mass is 10.1. The highest BCUT2D eigenvalue weighted by molar-refractivity contribution is 6.53. The minimum absolute atomic E-state index is 0.0892. The Labute approximate surface area is 212 Å². The normalized spacial score (nSPS) is 14.0. The van der Waals surface area contributed by atoms with E-state index in [0.29, 0.717) is 11.3 Å². The Kier molecular flexibility index (Phi) is 7.17. The van der Waals surface area contributed by atoms with E-state index in [9.17, 15) is 19.2 Å². The summed E-state index contributed by atoms with van der Waals surface area (Å²) in [6.45, 7) is 1.90. The molecule has 8 nitrogen and oxygen atoms in total. The maximum atomic E-state index is 13.0. The molecule has 1 unspecified atom stereocenters. The van der Waals surface area contributed by atoms with E-state index in [-0.39, 0.29) is 33.9 Å². The van der Waals surface area contributed by atoms with Gasteiger partial charge in [0.25, 0.3) is 17.7 Å². The number of carbonyl (C=O) groups excluding carboxylic acids is 4. The fraction of sp³-hybridized carbons (Fsp3) is 0.111. The third-order valence-corrected chi connectivity index (χ3v) is 5.99. The molecule has 1 atom stereocenters. The summed E-state index contributed by atoms with van der Waals surface area (Å²) in [5, 5.41) is 5.54. The van der Waals surface area contributed by atoms with Crippen LogP contribution in [0.4, 0.5) is 11.4 Å². The predicted octanol–water partition coefficient (Wildman–Crippen LogP) is 4.40. The standard InChI is InChI=1S/C27H22ClN3O5/c1-16(17-6-4-3-5-7-17)29-24(32)18-8-12-20(13-9-18)30-23-22(28)25(33)31(26(23)34)21-14-10-19(11-15-21)27(35)36-2/h3-16,30H,1-2H3,(H,29,32). The van der Waals surface area contributed by atoms with Gasteiger partial charge in [0.1, 0.15) is 10.7 Å². The number of anilines is 2. The van der Waals surface area contributed by atoms with Gasteiger partial charge in [-0.05, 0) is 61.0 Å². The molecule has 0 spiro atoms. The molecule has 1 heterocycles. The van der Waals surface area contributed by atoms with E-state index in [1.54, 1.807) is 24.3 Å². The van der Waals surface area contributed by atoms with Crippen LogP contribution in [-0.2, 0) is 14.3 Å². The highest BCUT2D eigenvalue weighted by atomic mass is 35.5. The lowest BCUT2D eigenvalue weighted by Gasteiger charge is -2.16. The van der Waals surface area contributed by atoms with E-state index >= 15 is 0 Å². The minimum Gasteiger partial charge on any atom is -0.465 e. The van der Waals surface area contributed by atoms with Gasteiger partial charge in [0.15, 0.2) is 0 Å². The summed E-state index contributed by atoms with van der Waals surface area (Å²) < 4.78 is 4.66. The summed E-state index contributed by atoms with van der Waals surface area (Å²) in [4.78, 5) is 50.8. The van der Waals surface area contributed by atoms with Gasteiger partial charge in [-0.3, -0.25) is 14.4 Å². The van der Waals surface area contributed by atoms with Gasteiger partial charge in [-0.1, -0.05) is 41.9 Å². The van der Waals surface area contributed by atoms with Crippen molar-refractivity contribution in [1.29, 1.82) is 0 Å². The number of benzene rings is 3. The Morgan fingerprint density at radius 3 is 2.08 bits per heavy atom. The molecule has 0 radical (unpaired) electrons. The van der Waals surface area contributed by atoms with Gasteiger partial charge in [-0.15, -0.1) is 0 Å². The van der Waals surface area contributed by atoms with Crippen LogP contribution in [0.1, 0.15) is 39.2 Å². The van der Waals surface area contributed by atoms with Gasteiger partial charge in [-0.2, -0.15) is 0 Å². The van der Waals surface area contributed by atoms with E-state index in [1.807, 2.05) is 37.3 Å². The molecular weight excluding hydrogens is 482 g/mol. The molecule has 0 bridgehead atoms. The number of amides is 3. The summed E-state index contributed by atoms with van der Waals surface area (Å²) in [6.07, 6.45) is 0. The third kappa shape index (κ3) is 4.99. The zero-order valence-corrected chi connectivity index (χ0v) is 20.2. The Balaban J connectivity index is 1.44. The number of ether oxygens (including phenoxy) is 1. The van der Waals surface area contributed by atoms with Gasteiger partial charge < -0.3 is 15.4 Å². The van der Waals surface area contributed by atoms with Crippen molar-refractivity contribution in [3.8, 4) is 0 Å². The summed E-state index contributed by atoms with van der Waals surface area (Å²) in [6, 6.07) is 21.7. The Hall–Kier alpha value is -4.43. The van der Waals surface area contributed by atoms with Crippen LogP contribution in [0.2, 0.25) is 0 Å². The maximum absolute atomic E-state index is 13.0. The average molecular weight is 504 g/mol. The van der Waals surface area contributed by atoms with E-state index < -0.39 is 17.8 Å². The summed E-state index contributed by atoms with van der Waals surface area (Å²) in [5.41, 5.74) is 2.34. The largest absolute Gasteiger partial charge is 0.465 e. The molecule has 0 aliphatic carbocycles. The SMILES string of the molecule is COC(=O)c1ccc(N2C(=O)C(Cl)=C(Nc3ccc(C(=O)NC(C)c4ccccc4)cc3)C2=O)cc1. The molecule has 0 fully saturated rings. The molecule has 2 N–H and O–H groups in total. The number of hydrogen-bond donors (Lipinski definition) is 2. The second-order valence-electron chi connectivity index (χ2n) is 7.98. The molecule has 0 saturated heterocycles. The van der Waals surface area contributed by atoms with Gasteiger partial charge in [0, 0.05) is 11.3 Å². The number of nitrogens with zero attached hydrogens (tertiary/aromatic N) is 1. The molecule has 0 aromatic heterocycles. The zero-order valence-electron chi connectivity index (χ0n) is 19.4. The maximum Gasteiger partial charge on any atom is 0.337 e. The lowest BCUT2D eigenvalue weighted by molar-refractivity contribution is -0.120. The molecular formula is C27H22ClN3O5. The van der Waals surface area contributed by atoms with Crippen molar-refractivity contribution in [2.45, 2.75) is 13.0 Å². The number of hydrogen-bond acceptors (Lipinski definition) is 6. The van der Waals surface area contributed by atoms with Crippen molar-refractivity contribution in [3.63, 3.8) is 0 Å². The quantitative estimate of drug-likeness (QED) is 0.366. The molecule has 3 amide bonds. The van der Waals surface area contributed by atoms with Crippen LogP contribution in [0.5, 0.6) is 0 Å². The molecule has 1 aliphatic rings. The van der Waals surface area contributed by atoms with Crippen molar-refractivity contribution < 1.29 is 23.9 Å². The number of halogens is 1. The number of esters is 1. The first-order chi connectivity index (χ1) is 17.3. The molecule has 3 aromatic carbocycles. The molecule has 36 heavy (non-hydrogen) atoms. The fourth-order valence-electron chi connectivity index (χ4n) is 3.66. The van der Waals surface area contributed by atoms with Gasteiger partial charge in [0.05, 0.1) is 24.4 Å². The molecule has 182 valence electrons. The van der Waals surface area contributed by atoms with Crippen LogP contribution in [-0.4, -0.2) is 30.8 Å². The van der Waals surface area contributed by atoms with Crippen LogP contribution in [0, 0.1) is 0 Å². The summed E-state index contributed by atoms with van der Waals surface area (Å²) in [5.74, 6) is -2.12. The zero-order chi connectivity index (χ0) is 25.8. The molecule has 0 saturated carbocycles. The minimum atomic E-state index is -0.694. The first kappa shape index (κ1) is 24.7. The monoisotopic (exact) mass is 503 g/mol. The first-order valence-corrected chi connectivity index (χ1v) is 11.4. The van der Waals surface area contributed by atoms with Crippen molar-refractivity contribution in [3.05, 3.63) is 106 Å². The number of carbonyl (C=O) groups is 4. The summed E-state index contributed by atoms with van der Waals surface area (Å²) >= 11 is 6.19. The van der Waals surface area contributed by atoms with E-state index in [2.05, 4.69) is 15.4 Å². The van der Waals surface area contributed by atoms with Crippen LogP contribution < -0.4 is 15.5 Å². The Bertz CT molecular complexity index is 1350. The van der Waals surface area contributed by atoms with E-state index in [0.717, 1.165) is 10.5 Å². The molecule has 3 aromatic rings. The number of methoxy groups -OCH3 is 1. The van der Waals surface area contributed by atoms with Crippen LogP contribution in [0.25, 0.3) is 0 Å². The Morgan fingerprint density at radius 2 is 1.47 bits per heavy atom. The Morgan fingerprint density at radius 1 is 0.861 bits per heavy atom. The topological polar surface area (TPSA) is 105 Å². The number of nitrogens with one attached hydrogen (secondary N) is 2. The predicted molar refractivity (Wildman–Crippen MR) is 136 cm³/mol. The number of imide groups is 1. The van der Waals surface area contributed by atoms with Crippen LogP contribution in [0.3, 0.4) is 0 Å². The van der Waals surface area contributed by atoms with Crippen molar-refractivity contribution in [2.75, 3.05) is 17.3 Å². The van der Waals surface area contributed by atoms with Crippen LogP contribution in [0.15, 0.2) is 89.6 Å². The van der Waals surface area contributed by atoms with Crippen molar-refractivity contribution >= 4 is 46.7 Å². The average Bonchev–Trinajstić information content (AvgIpc) is 3.12. The fourth-order valence-corrected chi connectivity index (χ4v) is 3.88. The van der Waals surface area contributed by atoms with Gasteiger partial charge in [0.2, 0.25) is 0 Å². The van der Waals surface area contributed by atoms with Gasteiger partial charge >= 0.3 is 5.97 Å². The molecule has 4 rings (SSSR count). The third-order valence-electron chi connectivity index (χ3n) is 5.64. The second kappa shape index (κ2) is 10.5. The van der Waals surface area contributed by atoms with Gasteiger partial charge in [-0.25, -0.2) is 9.69 Å². The molecule has 9 heteroatoms. The van der Waals surface area contributed by atoms with Crippen molar-refractivity contribution in [1.82, 2.24) is 5.32 Å². The molecule has 1 aliphatic heterocycles. The summed E-state index contributed by atoms with van der Waals surface area (Å²) in [7, 11) is 1.26. The smallest absolute Gasteiger partial charge is 0.337 e. The second-order valence-corrected chi connectivity index (χ2v) is 8.36. The van der Waals surface area contributed by atoms with E-state index in [4.69, 9.17) is 11.6 Å².